The molecule has 0 aromatic heterocycles. The van der Waals surface area contributed by atoms with Gasteiger partial charge in [0.05, 0.1) is 7.11 Å². The minimum Gasteiger partial charge on any atom is -0.294 e. The molecule has 1 amide bonds. The molecule has 4 aromatic rings. The number of rotatable bonds is 3. The Bertz CT molecular complexity index is 1270. The van der Waals surface area contributed by atoms with Crippen molar-refractivity contribution in [3.63, 3.8) is 0 Å². The van der Waals surface area contributed by atoms with E-state index >= 15 is 0 Å². The van der Waals surface area contributed by atoms with Crippen molar-refractivity contribution in [3.05, 3.63) is 92.9 Å². The predicted octanol–water partition coefficient (Wildman–Crippen LogP) is 7.04. The number of hydrogen-bond donors (Lipinski definition) is 0. The molecule has 0 radical (unpaired) electrons. The summed E-state index contributed by atoms with van der Waals surface area (Å²) in [6, 6.07) is 23.1. The number of benzene rings is 4. The number of Topliss-reactive ketones (excluding diaryl/α,β-unsaturated/α-hetero) is 1. The van der Waals surface area contributed by atoms with Crippen LogP contribution in [0.4, 0.5) is 0 Å². The lowest BCUT2D eigenvalue weighted by Gasteiger charge is -2.15. The summed E-state index contributed by atoms with van der Waals surface area (Å²) in [5.74, 6) is -0.0510. The van der Waals surface area contributed by atoms with E-state index in [-0.39, 0.29) is 11.7 Å². The molecule has 0 heterocycles. The lowest BCUT2D eigenvalue weighted by atomic mass is 10.0. The number of hydroxylamine groups is 2. The van der Waals surface area contributed by atoms with Crippen LogP contribution in [-0.4, -0.2) is 30.9 Å². The molecular weight excluding hydrogens is 522 g/mol. The molecule has 0 atom stereocenters. The van der Waals surface area contributed by atoms with Crippen LogP contribution in [0.5, 0.6) is 0 Å². The number of carbonyl (C=O) groups is 2. The molecule has 0 spiro atoms. The van der Waals surface area contributed by atoms with Crippen molar-refractivity contribution in [2.75, 3.05) is 14.2 Å². The second kappa shape index (κ2) is 10.2. The number of carbonyl (C=O) groups excluding carboxylic acids is 2. The molecule has 31 heavy (non-hydrogen) atoms. The van der Waals surface area contributed by atoms with Crippen molar-refractivity contribution in [2.45, 2.75) is 6.92 Å². The Hall–Kier alpha value is -2.54. The fraction of sp³-hybridized carbons (Fsp3) is 0.120. The monoisotopic (exact) mass is 541 g/mol. The zero-order valence-electron chi connectivity index (χ0n) is 17.4. The SMILES string of the molecule is CC(=O)c1cccc2c(Br)cccc12.CON(C)C(=O)c1cccc2c(Br)cccc12. The standard InChI is InChI=1S/C13H12BrNO2.C12H9BrO/c1-15(17-2)13(16)11-7-3-6-10-9(11)5-4-8-12(10)14;1-8(14)9-4-2-6-11-10(9)5-3-7-12(11)13/h3-8H,1-2H3;2-7H,1H3. The van der Waals surface area contributed by atoms with Crippen LogP contribution >= 0.6 is 31.9 Å². The maximum absolute atomic E-state index is 12.1. The first-order chi connectivity index (χ1) is 14.8. The fourth-order valence-corrected chi connectivity index (χ4v) is 4.29. The van der Waals surface area contributed by atoms with Gasteiger partial charge in [-0.25, -0.2) is 5.06 Å². The maximum atomic E-state index is 12.1. The molecule has 0 aliphatic rings. The van der Waals surface area contributed by atoms with Gasteiger partial charge in [0.25, 0.3) is 5.91 Å². The van der Waals surface area contributed by atoms with Crippen LogP contribution in [0.25, 0.3) is 21.5 Å². The van der Waals surface area contributed by atoms with Gasteiger partial charge in [-0.1, -0.05) is 86.5 Å². The molecule has 0 fully saturated rings. The minimum absolute atomic E-state index is 0.105. The van der Waals surface area contributed by atoms with Gasteiger partial charge in [-0.2, -0.15) is 0 Å². The van der Waals surface area contributed by atoms with Crippen LogP contribution < -0.4 is 0 Å². The van der Waals surface area contributed by atoms with Gasteiger partial charge < -0.3 is 0 Å². The van der Waals surface area contributed by atoms with E-state index in [4.69, 9.17) is 4.84 Å². The number of fused-ring (bicyclic) bond motifs is 2. The molecular formula is C25H21Br2NO3. The van der Waals surface area contributed by atoms with Gasteiger partial charge in [0, 0.05) is 27.1 Å². The maximum Gasteiger partial charge on any atom is 0.277 e. The first kappa shape index (κ1) is 23.1. The number of ketones is 1. The van der Waals surface area contributed by atoms with E-state index in [0.29, 0.717) is 5.56 Å². The fourth-order valence-electron chi connectivity index (χ4n) is 3.29. The van der Waals surface area contributed by atoms with Gasteiger partial charge in [0.15, 0.2) is 5.78 Å². The number of halogens is 2. The number of nitrogens with zero attached hydrogens (tertiary/aromatic N) is 1. The third-order valence-corrected chi connectivity index (χ3v) is 6.29. The van der Waals surface area contributed by atoms with E-state index in [1.807, 2.05) is 66.7 Å². The van der Waals surface area contributed by atoms with Gasteiger partial charge in [0.2, 0.25) is 0 Å². The molecule has 4 rings (SSSR count). The Morgan fingerprint density at radius 2 is 1.13 bits per heavy atom. The largest absolute Gasteiger partial charge is 0.294 e. The van der Waals surface area contributed by atoms with Crippen molar-refractivity contribution in [1.82, 2.24) is 5.06 Å². The zero-order valence-corrected chi connectivity index (χ0v) is 20.5. The van der Waals surface area contributed by atoms with Crippen molar-refractivity contribution < 1.29 is 14.4 Å². The molecule has 0 saturated carbocycles. The van der Waals surface area contributed by atoms with Crippen molar-refractivity contribution >= 4 is 65.1 Å². The number of hydrogen-bond acceptors (Lipinski definition) is 3. The van der Waals surface area contributed by atoms with Crippen LogP contribution in [-0.2, 0) is 4.84 Å². The van der Waals surface area contributed by atoms with E-state index in [0.717, 1.165) is 36.1 Å². The smallest absolute Gasteiger partial charge is 0.277 e. The average molecular weight is 543 g/mol. The van der Waals surface area contributed by atoms with E-state index in [1.54, 1.807) is 20.0 Å². The summed E-state index contributed by atoms with van der Waals surface area (Å²) in [7, 11) is 3.07. The second-order valence-corrected chi connectivity index (χ2v) is 8.53. The summed E-state index contributed by atoms with van der Waals surface area (Å²) < 4.78 is 2.00. The van der Waals surface area contributed by atoms with Crippen molar-refractivity contribution in [1.29, 1.82) is 0 Å². The summed E-state index contributed by atoms with van der Waals surface area (Å²) >= 11 is 6.95. The van der Waals surface area contributed by atoms with Gasteiger partial charge in [0.1, 0.15) is 0 Å². The minimum atomic E-state index is -0.156. The van der Waals surface area contributed by atoms with Crippen molar-refractivity contribution in [2.24, 2.45) is 0 Å². The van der Waals surface area contributed by atoms with Gasteiger partial charge in [-0.05, 0) is 46.7 Å². The summed E-state index contributed by atoms with van der Waals surface area (Å²) in [6.07, 6.45) is 0. The number of amides is 1. The highest BCUT2D eigenvalue weighted by Gasteiger charge is 2.14. The topological polar surface area (TPSA) is 46.6 Å². The van der Waals surface area contributed by atoms with Gasteiger partial charge >= 0.3 is 0 Å². The molecule has 6 heteroatoms. The molecule has 0 aliphatic heterocycles. The highest BCUT2D eigenvalue weighted by Crippen LogP contribution is 2.27. The zero-order chi connectivity index (χ0) is 22.5. The van der Waals surface area contributed by atoms with Gasteiger partial charge in [-0.3, -0.25) is 14.4 Å². The average Bonchev–Trinajstić information content (AvgIpc) is 2.78. The molecule has 0 bridgehead atoms. The molecule has 158 valence electrons. The second-order valence-electron chi connectivity index (χ2n) is 6.82. The Morgan fingerprint density at radius 3 is 1.61 bits per heavy atom. The quantitative estimate of drug-likeness (QED) is 0.206. The lowest BCUT2D eigenvalue weighted by molar-refractivity contribution is -0.0755. The van der Waals surface area contributed by atoms with Crippen molar-refractivity contribution in [3.8, 4) is 0 Å². The summed E-state index contributed by atoms with van der Waals surface area (Å²) in [5, 5.41) is 5.24. The van der Waals surface area contributed by atoms with Crippen LogP contribution in [0.15, 0.2) is 81.7 Å². The van der Waals surface area contributed by atoms with E-state index in [1.165, 1.54) is 12.2 Å². The molecule has 4 aromatic carbocycles. The summed E-state index contributed by atoms with van der Waals surface area (Å²) in [6.45, 7) is 1.59. The first-order valence-electron chi connectivity index (χ1n) is 9.52. The van der Waals surface area contributed by atoms with Crippen LogP contribution in [0.2, 0.25) is 0 Å². The van der Waals surface area contributed by atoms with E-state index < -0.39 is 0 Å². The predicted molar refractivity (Wildman–Crippen MR) is 132 cm³/mol. The van der Waals surface area contributed by atoms with E-state index in [9.17, 15) is 9.59 Å². The summed E-state index contributed by atoms with van der Waals surface area (Å²) in [4.78, 5) is 28.4. The Morgan fingerprint density at radius 1 is 0.710 bits per heavy atom. The molecule has 0 unspecified atom stereocenters. The molecule has 0 saturated heterocycles. The Balaban J connectivity index is 0.000000179. The first-order valence-corrected chi connectivity index (χ1v) is 11.1. The Labute approximate surface area is 198 Å². The lowest BCUT2D eigenvalue weighted by Crippen LogP contribution is -2.25. The Kier molecular flexibility index (Phi) is 7.59. The molecule has 0 N–H and O–H groups in total. The highest BCUT2D eigenvalue weighted by molar-refractivity contribution is 9.11. The van der Waals surface area contributed by atoms with Gasteiger partial charge in [-0.15, -0.1) is 0 Å². The molecule has 0 aliphatic carbocycles. The molecule has 4 nitrogen and oxygen atoms in total. The third kappa shape index (κ3) is 5.03. The normalized spacial score (nSPS) is 10.5. The third-order valence-electron chi connectivity index (χ3n) is 4.91. The van der Waals surface area contributed by atoms with Crippen LogP contribution in [0.1, 0.15) is 27.6 Å². The highest BCUT2D eigenvalue weighted by atomic mass is 79.9. The van der Waals surface area contributed by atoms with Crippen LogP contribution in [0, 0.1) is 0 Å². The summed E-state index contributed by atoms with van der Waals surface area (Å²) in [5.41, 5.74) is 1.41. The van der Waals surface area contributed by atoms with Crippen LogP contribution in [0.3, 0.4) is 0 Å². The van der Waals surface area contributed by atoms with E-state index in [2.05, 4.69) is 31.9 Å².